The molecule has 2 unspecified atom stereocenters. The average Bonchev–Trinajstić information content (AvgIpc) is 2.03. The van der Waals surface area contributed by atoms with Gasteiger partial charge >= 0.3 is 0 Å². The molecule has 0 N–H and O–H groups in total. The molecule has 0 amide bonds. The van der Waals surface area contributed by atoms with Gasteiger partial charge in [-0.25, -0.2) is 0 Å². The van der Waals surface area contributed by atoms with Crippen molar-refractivity contribution in [1.29, 1.82) is 0 Å². The fourth-order valence-corrected chi connectivity index (χ4v) is 1.70. The lowest BCUT2D eigenvalue weighted by molar-refractivity contribution is 0.385. The molecule has 0 aliphatic rings. The van der Waals surface area contributed by atoms with Crippen LogP contribution >= 0.6 is 11.6 Å². The van der Waals surface area contributed by atoms with Crippen LogP contribution in [0.3, 0.4) is 0 Å². The summed E-state index contributed by atoms with van der Waals surface area (Å²) in [5.41, 5.74) is 0. The van der Waals surface area contributed by atoms with Crippen molar-refractivity contribution in [3.63, 3.8) is 0 Å². The number of halogens is 1. The standard InChI is InChI=1S/C11H21Cl/c1-5-9(2)6-10(3)7-11(4)8-12/h5,9-11H,1,6-8H2,2-4H3/t9?,10-,11?/m1/s1. The highest BCUT2D eigenvalue weighted by Crippen LogP contribution is 2.20. The number of alkyl halides is 1. The third-order valence-electron chi connectivity index (χ3n) is 2.24. The average molecular weight is 189 g/mol. The van der Waals surface area contributed by atoms with E-state index < -0.39 is 0 Å². The summed E-state index contributed by atoms with van der Waals surface area (Å²) in [5.74, 6) is 2.85. The molecule has 0 aliphatic carbocycles. The van der Waals surface area contributed by atoms with E-state index in [1.54, 1.807) is 0 Å². The maximum absolute atomic E-state index is 5.75. The lowest BCUT2D eigenvalue weighted by atomic mass is 9.90. The Morgan fingerprint density at radius 2 is 1.75 bits per heavy atom. The number of hydrogen-bond donors (Lipinski definition) is 0. The summed E-state index contributed by atoms with van der Waals surface area (Å²) in [5, 5.41) is 0. The highest BCUT2D eigenvalue weighted by atomic mass is 35.5. The maximum atomic E-state index is 5.75. The molecule has 0 fully saturated rings. The monoisotopic (exact) mass is 188 g/mol. The summed E-state index contributed by atoms with van der Waals surface area (Å²) < 4.78 is 0. The second-order valence-electron chi connectivity index (χ2n) is 4.05. The lowest BCUT2D eigenvalue weighted by Crippen LogP contribution is -2.07. The summed E-state index contributed by atoms with van der Waals surface area (Å²) in [6, 6.07) is 0. The Kier molecular flexibility index (Phi) is 6.55. The Morgan fingerprint density at radius 3 is 2.17 bits per heavy atom. The van der Waals surface area contributed by atoms with E-state index >= 15 is 0 Å². The van der Waals surface area contributed by atoms with Crippen LogP contribution in [0, 0.1) is 17.8 Å². The predicted octanol–water partition coefficient (Wildman–Crippen LogP) is 4.10. The fourth-order valence-electron chi connectivity index (χ4n) is 1.58. The zero-order valence-electron chi connectivity index (χ0n) is 8.52. The molecule has 0 aromatic carbocycles. The van der Waals surface area contributed by atoms with Crippen LogP contribution in [0.15, 0.2) is 12.7 Å². The van der Waals surface area contributed by atoms with Gasteiger partial charge in [-0.2, -0.15) is 0 Å². The van der Waals surface area contributed by atoms with Crippen LogP contribution in [0.4, 0.5) is 0 Å². The summed E-state index contributed by atoms with van der Waals surface area (Å²) in [7, 11) is 0. The van der Waals surface area contributed by atoms with Crippen molar-refractivity contribution in [2.45, 2.75) is 33.6 Å². The SMILES string of the molecule is C=CC(C)C[C@@H](C)CC(C)CCl. The molecule has 0 radical (unpaired) electrons. The smallest absolute Gasteiger partial charge is 0.0249 e. The second kappa shape index (κ2) is 6.54. The molecule has 0 spiro atoms. The largest absolute Gasteiger partial charge is 0.126 e. The summed E-state index contributed by atoms with van der Waals surface area (Å²) in [6.07, 6.45) is 4.51. The third-order valence-corrected chi connectivity index (χ3v) is 2.77. The van der Waals surface area contributed by atoms with E-state index in [0.717, 1.165) is 11.8 Å². The van der Waals surface area contributed by atoms with E-state index in [0.29, 0.717) is 11.8 Å². The molecule has 0 aromatic rings. The summed E-state index contributed by atoms with van der Waals surface area (Å²) in [6.45, 7) is 10.5. The Bertz CT molecular complexity index is 120. The van der Waals surface area contributed by atoms with Gasteiger partial charge in [-0.1, -0.05) is 26.8 Å². The van der Waals surface area contributed by atoms with Crippen LogP contribution in [0.1, 0.15) is 33.6 Å². The van der Waals surface area contributed by atoms with Gasteiger partial charge < -0.3 is 0 Å². The molecule has 0 rings (SSSR count). The van der Waals surface area contributed by atoms with E-state index in [4.69, 9.17) is 11.6 Å². The number of hydrogen-bond acceptors (Lipinski definition) is 0. The molecule has 0 saturated heterocycles. The van der Waals surface area contributed by atoms with E-state index in [1.165, 1.54) is 12.8 Å². The molecule has 0 bridgehead atoms. The summed E-state index contributed by atoms with van der Waals surface area (Å²) in [4.78, 5) is 0. The van der Waals surface area contributed by atoms with Crippen LogP contribution < -0.4 is 0 Å². The molecule has 0 nitrogen and oxygen atoms in total. The van der Waals surface area contributed by atoms with Crippen molar-refractivity contribution in [2.24, 2.45) is 17.8 Å². The Morgan fingerprint density at radius 1 is 1.17 bits per heavy atom. The topological polar surface area (TPSA) is 0 Å². The van der Waals surface area contributed by atoms with Crippen LogP contribution in [-0.4, -0.2) is 5.88 Å². The van der Waals surface area contributed by atoms with Gasteiger partial charge in [0.15, 0.2) is 0 Å². The van der Waals surface area contributed by atoms with Crippen molar-refractivity contribution in [3.8, 4) is 0 Å². The Hall–Kier alpha value is 0.0300. The normalized spacial score (nSPS) is 18.3. The second-order valence-corrected chi connectivity index (χ2v) is 4.36. The minimum Gasteiger partial charge on any atom is -0.126 e. The van der Waals surface area contributed by atoms with Crippen molar-refractivity contribution in [1.82, 2.24) is 0 Å². The number of rotatable bonds is 6. The van der Waals surface area contributed by atoms with Gasteiger partial charge in [-0.05, 0) is 30.6 Å². The zero-order valence-corrected chi connectivity index (χ0v) is 9.27. The highest BCUT2D eigenvalue weighted by Gasteiger charge is 2.09. The molecular formula is C11H21Cl. The first-order valence-corrected chi connectivity index (χ1v) is 5.32. The maximum Gasteiger partial charge on any atom is 0.0249 e. The van der Waals surface area contributed by atoms with E-state index in [1.807, 2.05) is 6.08 Å². The van der Waals surface area contributed by atoms with Crippen LogP contribution in [0.2, 0.25) is 0 Å². The molecular weight excluding hydrogens is 168 g/mol. The quantitative estimate of drug-likeness (QED) is 0.435. The van der Waals surface area contributed by atoms with E-state index in [-0.39, 0.29) is 0 Å². The molecule has 72 valence electrons. The fraction of sp³-hybridized carbons (Fsp3) is 0.818. The predicted molar refractivity (Wildman–Crippen MR) is 57.6 cm³/mol. The molecule has 0 saturated carbocycles. The van der Waals surface area contributed by atoms with Crippen molar-refractivity contribution in [2.75, 3.05) is 5.88 Å². The minimum atomic E-state index is 0.641. The van der Waals surface area contributed by atoms with Gasteiger partial charge in [-0.3, -0.25) is 0 Å². The van der Waals surface area contributed by atoms with Gasteiger partial charge in [0, 0.05) is 5.88 Å². The van der Waals surface area contributed by atoms with Crippen molar-refractivity contribution < 1.29 is 0 Å². The first-order chi connectivity index (χ1) is 5.60. The molecule has 3 atom stereocenters. The minimum absolute atomic E-state index is 0.641. The van der Waals surface area contributed by atoms with Crippen molar-refractivity contribution in [3.05, 3.63) is 12.7 Å². The van der Waals surface area contributed by atoms with Gasteiger partial charge in [0.05, 0.1) is 0 Å². The van der Waals surface area contributed by atoms with E-state index in [2.05, 4.69) is 27.4 Å². The molecule has 0 aliphatic heterocycles. The lowest BCUT2D eigenvalue weighted by Gasteiger charge is -2.17. The van der Waals surface area contributed by atoms with Crippen LogP contribution in [0.5, 0.6) is 0 Å². The third kappa shape index (κ3) is 5.65. The summed E-state index contributed by atoms with van der Waals surface area (Å²) >= 11 is 5.75. The molecule has 12 heavy (non-hydrogen) atoms. The Balaban J connectivity index is 3.57. The van der Waals surface area contributed by atoms with Crippen LogP contribution in [-0.2, 0) is 0 Å². The van der Waals surface area contributed by atoms with Gasteiger partial charge in [0.1, 0.15) is 0 Å². The zero-order chi connectivity index (χ0) is 9.56. The number of allylic oxidation sites excluding steroid dienone is 1. The Labute approximate surface area is 82.0 Å². The molecule has 1 heteroatoms. The van der Waals surface area contributed by atoms with Crippen molar-refractivity contribution >= 4 is 11.6 Å². The van der Waals surface area contributed by atoms with Gasteiger partial charge in [-0.15, -0.1) is 18.2 Å². The van der Waals surface area contributed by atoms with Gasteiger partial charge in [0.25, 0.3) is 0 Å². The van der Waals surface area contributed by atoms with E-state index in [9.17, 15) is 0 Å². The molecule has 0 aromatic heterocycles. The first kappa shape index (κ1) is 12.0. The van der Waals surface area contributed by atoms with Crippen LogP contribution in [0.25, 0.3) is 0 Å². The first-order valence-electron chi connectivity index (χ1n) is 4.78. The van der Waals surface area contributed by atoms with Gasteiger partial charge in [0.2, 0.25) is 0 Å². The molecule has 0 heterocycles. The highest BCUT2D eigenvalue weighted by molar-refractivity contribution is 6.18.